The van der Waals surface area contributed by atoms with E-state index in [4.69, 9.17) is 16.3 Å². The molecule has 96 valence electrons. The third kappa shape index (κ3) is 2.89. The molecular weight excluding hydrogens is 270 g/mol. The second-order valence-corrected chi connectivity index (χ2v) is 4.04. The van der Waals surface area contributed by atoms with Gasteiger partial charge in [0.2, 0.25) is 5.75 Å². The Balaban J connectivity index is 2.36. The van der Waals surface area contributed by atoms with Crippen LogP contribution >= 0.6 is 11.6 Å². The molecule has 0 aliphatic carbocycles. The maximum absolute atomic E-state index is 10.8. The molecule has 2 aromatic carbocycles. The summed E-state index contributed by atoms with van der Waals surface area (Å²) < 4.78 is 5.41. The van der Waals surface area contributed by atoms with E-state index in [9.17, 15) is 14.9 Å². The Morgan fingerprint density at radius 3 is 2.53 bits per heavy atom. The van der Waals surface area contributed by atoms with Gasteiger partial charge in [0, 0.05) is 11.6 Å². The smallest absolute Gasteiger partial charge is 0.311 e. The highest BCUT2D eigenvalue weighted by Gasteiger charge is 2.15. The predicted molar refractivity (Wildman–Crippen MR) is 70.0 cm³/mol. The molecule has 0 saturated carbocycles. The van der Waals surface area contributed by atoms with E-state index in [1.807, 2.05) is 0 Å². The van der Waals surface area contributed by atoms with Gasteiger partial charge in [-0.25, -0.2) is 0 Å². The number of hydrogen-bond acceptors (Lipinski definition) is 4. The Morgan fingerprint density at radius 1 is 1.16 bits per heavy atom. The summed E-state index contributed by atoms with van der Waals surface area (Å²) in [5.74, 6) is 0.342. The Kier molecular flexibility index (Phi) is 3.77. The van der Waals surface area contributed by atoms with Crippen LogP contribution in [0.2, 0.25) is 5.02 Å². The topological polar surface area (TPSA) is 69.4 Å². The highest BCUT2D eigenvalue weighted by atomic mass is 35.5. The van der Waals surface area contributed by atoms with Crippen LogP contribution in [-0.2, 0) is 0 Å². The van der Waals surface area contributed by atoms with Crippen molar-refractivity contribution < 1.29 is 14.5 Å². The lowest BCUT2D eigenvalue weighted by Gasteiger charge is -2.07. The molecule has 2 rings (SSSR count). The molecule has 0 N–H and O–H groups in total. The van der Waals surface area contributed by atoms with Crippen molar-refractivity contribution in [2.75, 3.05) is 0 Å². The van der Waals surface area contributed by atoms with Gasteiger partial charge in [-0.1, -0.05) is 23.7 Å². The number of rotatable bonds is 4. The van der Waals surface area contributed by atoms with E-state index in [1.54, 1.807) is 12.1 Å². The lowest BCUT2D eigenvalue weighted by atomic mass is 10.2. The normalized spacial score (nSPS) is 9.95. The lowest BCUT2D eigenvalue weighted by molar-refractivity contribution is -0.385. The third-order valence-electron chi connectivity index (χ3n) is 2.37. The van der Waals surface area contributed by atoms with Gasteiger partial charge in [-0.15, -0.1) is 0 Å². The molecule has 2 aromatic rings. The summed E-state index contributed by atoms with van der Waals surface area (Å²) in [7, 11) is 0. The molecule has 0 radical (unpaired) electrons. The highest BCUT2D eigenvalue weighted by Crippen LogP contribution is 2.34. The molecule has 0 unspecified atom stereocenters. The average molecular weight is 278 g/mol. The fraction of sp³-hybridized carbons (Fsp3) is 0. The van der Waals surface area contributed by atoms with E-state index in [2.05, 4.69) is 0 Å². The molecule has 0 aliphatic rings. The first-order valence-electron chi connectivity index (χ1n) is 5.28. The fourth-order valence-electron chi connectivity index (χ4n) is 1.49. The maximum atomic E-state index is 10.8. The maximum Gasteiger partial charge on any atom is 0.311 e. The number of carbonyl (C=O) groups excluding carboxylic acids is 1. The zero-order chi connectivity index (χ0) is 13.8. The molecule has 6 heteroatoms. The number of halogens is 1. The Morgan fingerprint density at radius 2 is 1.89 bits per heavy atom. The molecule has 0 saturated heterocycles. The minimum Gasteiger partial charge on any atom is -0.449 e. The summed E-state index contributed by atoms with van der Waals surface area (Å²) >= 11 is 5.94. The number of nitro benzene ring substituents is 1. The predicted octanol–water partition coefficient (Wildman–Crippen LogP) is 3.85. The van der Waals surface area contributed by atoms with Crippen LogP contribution in [0.25, 0.3) is 0 Å². The Hall–Kier alpha value is -2.40. The summed E-state index contributed by atoms with van der Waals surface area (Å²) in [6.45, 7) is 0. The monoisotopic (exact) mass is 277 g/mol. The van der Waals surface area contributed by atoms with E-state index in [0.717, 1.165) is 0 Å². The number of carbonyl (C=O) groups is 1. The Labute approximate surface area is 113 Å². The van der Waals surface area contributed by atoms with Crippen LogP contribution in [0.4, 0.5) is 5.69 Å². The van der Waals surface area contributed by atoms with Crippen LogP contribution in [0.15, 0.2) is 42.5 Å². The first-order chi connectivity index (χ1) is 9.11. The lowest BCUT2D eigenvalue weighted by Crippen LogP contribution is -1.93. The second kappa shape index (κ2) is 5.49. The SMILES string of the molecule is O=Cc1ccc(Oc2ccccc2[N+](=O)[O-])c(Cl)c1. The van der Waals surface area contributed by atoms with Gasteiger partial charge in [-0.05, 0) is 24.3 Å². The number of nitrogens with zero attached hydrogens (tertiary/aromatic N) is 1. The average Bonchev–Trinajstić information content (AvgIpc) is 2.41. The number of nitro groups is 1. The number of aldehydes is 1. The molecule has 0 atom stereocenters. The van der Waals surface area contributed by atoms with Gasteiger partial charge in [0.1, 0.15) is 12.0 Å². The number of hydrogen-bond donors (Lipinski definition) is 0. The van der Waals surface area contributed by atoms with E-state index >= 15 is 0 Å². The van der Waals surface area contributed by atoms with Crippen molar-refractivity contribution in [3.63, 3.8) is 0 Å². The van der Waals surface area contributed by atoms with Gasteiger partial charge in [0.25, 0.3) is 0 Å². The van der Waals surface area contributed by atoms with Crippen molar-refractivity contribution in [2.45, 2.75) is 0 Å². The van der Waals surface area contributed by atoms with Gasteiger partial charge in [-0.3, -0.25) is 14.9 Å². The first-order valence-corrected chi connectivity index (χ1v) is 5.65. The van der Waals surface area contributed by atoms with E-state index < -0.39 is 4.92 Å². The zero-order valence-corrected chi connectivity index (χ0v) is 10.3. The minimum atomic E-state index is -0.539. The van der Waals surface area contributed by atoms with Crippen molar-refractivity contribution >= 4 is 23.6 Å². The summed E-state index contributed by atoms with van der Waals surface area (Å²) in [5.41, 5.74) is 0.248. The summed E-state index contributed by atoms with van der Waals surface area (Å²) in [4.78, 5) is 20.9. The molecule has 0 bridgehead atoms. The van der Waals surface area contributed by atoms with E-state index in [0.29, 0.717) is 11.8 Å². The molecule has 19 heavy (non-hydrogen) atoms. The standard InChI is InChI=1S/C13H8ClNO4/c14-10-7-9(8-16)5-6-12(10)19-13-4-2-1-3-11(13)15(17)18/h1-8H. The third-order valence-corrected chi connectivity index (χ3v) is 2.67. The van der Waals surface area contributed by atoms with Gasteiger partial charge in [-0.2, -0.15) is 0 Å². The van der Waals surface area contributed by atoms with Crippen molar-refractivity contribution in [1.29, 1.82) is 0 Å². The van der Waals surface area contributed by atoms with Crippen molar-refractivity contribution in [3.8, 4) is 11.5 Å². The van der Waals surface area contributed by atoms with Crippen LogP contribution in [0.1, 0.15) is 10.4 Å². The van der Waals surface area contributed by atoms with E-state index in [-0.39, 0.29) is 22.2 Å². The quantitative estimate of drug-likeness (QED) is 0.483. The minimum absolute atomic E-state index is 0.0910. The largest absolute Gasteiger partial charge is 0.449 e. The van der Waals surface area contributed by atoms with Crippen molar-refractivity contribution in [2.24, 2.45) is 0 Å². The van der Waals surface area contributed by atoms with Gasteiger partial charge < -0.3 is 4.74 Å². The number of ether oxygens (including phenoxy) is 1. The van der Waals surface area contributed by atoms with Crippen LogP contribution in [0.5, 0.6) is 11.5 Å². The molecule has 0 aliphatic heterocycles. The van der Waals surface area contributed by atoms with Gasteiger partial charge in [0.05, 0.1) is 9.95 Å². The summed E-state index contributed by atoms with van der Waals surface area (Å²) in [6, 6.07) is 10.4. The summed E-state index contributed by atoms with van der Waals surface area (Å²) in [6.07, 6.45) is 0.653. The molecule has 0 heterocycles. The first kappa shape index (κ1) is 13.0. The van der Waals surface area contributed by atoms with Crippen LogP contribution < -0.4 is 4.74 Å². The molecule has 5 nitrogen and oxygen atoms in total. The van der Waals surface area contributed by atoms with Crippen LogP contribution in [0, 0.1) is 10.1 Å². The molecule has 0 fully saturated rings. The highest BCUT2D eigenvalue weighted by molar-refractivity contribution is 6.32. The summed E-state index contributed by atoms with van der Waals surface area (Å²) in [5, 5.41) is 11.1. The van der Waals surface area contributed by atoms with Crippen molar-refractivity contribution in [3.05, 3.63) is 63.2 Å². The van der Waals surface area contributed by atoms with Crippen molar-refractivity contribution in [1.82, 2.24) is 0 Å². The molecule has 0 aromatic heterocycles. The Bertz CT molecular complexity index is 642. The van der Waals surface area contributed by atoms with Gasteiger partial charge in [0.15, 0.2) is 0 Å². The van der Waals surface area contributed by atoms with Gasteiger partial charge >= 0.3 is 5.69 Å². The van der Waals surface area contributed by atoms with Crippen LogP contribution in [-0.4, -0.2) is 11.2 Å². The molecule has 0 spiro atoms. The second-order valence-electron chi connectivity index (χ2n) is 3.63. The molecule has 0 amide bonds. The fourth-order valence-corrected chi connectivity index (χ4v) is 1.71. The molecular formula is C13H8ClNO4. The number of benzene rings is 2. The zero-order valence-electron chi connectivity index (χ0n) is 9.58. The van der Waals surface area contributed by atoms with E-state index in [1.165, 1.54) is 30.3 Å². The number of para-hydroxylation sites is 2. The van der Waals surface area contributed by atoms with Crippen LogP contribution in [0.3, 0.4) is 0 Å².